The molecule has 0 unspecified atom stereocenters. The van der Waals surface area contributed by atoms with Crippen molar-refractivity contribution in [3.8, 4) is 0 Å². The predicted molar refractivity (Wildman–Crippen MR) is 64.5 cm³/mol. The van der Waals surface area contributed by atoms with E-state index in [-0.39, 0.29) is 5.56 Å². The average Bonchev–Trinajstić information content (AvgIpc) is 2.38. The molecule has 1 fully saturated rings. The molecule has 1 aliphatic heterocycles. The highest BCUT2D eigenvalue weighted by Gasteiger charge is 2.37. The van der Waals surface area contributed by atoms with Crippen LogP contribution < -0.4 is 16.0 Å². The van der Waals surface area contributed by atoms with E-state index in [9.17, 15) is 13.2 Å². The summed E-state index contributed by atoms with van der Waals surface area (Å²) in [5, 5.41) is 3.22. The van der Waals surface area contributed by atoms with Gasteiger partial charge < -0.3 is 16.0 Å². The first-order valence-corrected chi connectivity index (χ1v) is 5.86. The molecule has 0 spiro atoms. The fourth-order valence-electron chi connectivity index (χ4n) is 2.00. The number of nitrogens with two attached hydrogens (primary N) is 1. The third-order valence-electron chi connectivity index (χ3n) is 3.09. The molecule has 0 radical (unpaired) electrons. The van der Waals surface area contributed by atoms with E-state index in [0.29, 0.717) is 0 Å². The Balaban J connectivity index is 2.09. The fraction of sp³-hybridized carbons (Fsp3) is 0.500. The molecule has 18 heavy (non-hydrogen) atoms. The molecule has 0 amide bonds. The SMILES string of the molecule is N[C@@H](c1ccc(N2CCNCC2)cc1)C(F)(F)F. The van der Waals surface area contributed by atoms with Crippen LogP contribution in [0.1, 0.15) is 11.6 Å². The number of hydrogen-bond donors (Lipinski definition) is 2. The van der Waals surface area contributed by atoms with Gasteiger partial charge in [0, 0.05) is 31.9 Å². The molecule has 3 nitrogen and oxygen atoms in total. The Morgan fingerprint density at radius 3 is 2.17 bits per heavy atom. The minimum atomic E-state index is -4.39. The highest BCUT2D eigenvalue weighted by atomic mass is 19.4. The van der Waals surface area contributed by atoms with Crippen LogP contribution in [0.15, 0.2) is 24.3 Å². The number of alkyl halides is 3. The zero-order valence-electron chi connectivity index (χ0n) is 9.87. The number of rotatable bonds is 2. The van der Waals surface area contributed by atoms with Gasteiger partial charge in [0.1, 0.15) is 6.04 Å². The number of benzene rings is 1. The Morgan fingerprint density at radius 1 is 1.11 bits per heavy atom. The van der Waals surface area contributed by atoms with Crippen LogP contribution in [0.25, 0.3) is 0 Å². The first kappa shape index (κ1) is 13.2. The maximum Gasteiger partial charge on any atom is 0.407 e. The quantitative estimate of drug-likeness (QED) is 0.848. The maximum absolute atomic E-state index is 12.4. The zero-order valence-corrected chi connectivity index (χ0v) is 9.87. The van der Waals surface area contributed by atoms with Gasteiger partial charge in [-0.25, -0.2) is 0 Å². The highest BCUT2D eigenvalue weighted by molar-refractivity contribution is 5.48. The van der Waals surface area contributed by atoms with Gasteiger partial charge in [-0.3, -0.25) is 0 Å². The minimum absolute atomic E-state index is 0.0985. The molecule has 1 aromatic rings. The van der Waals surface area contributed by atoms with Gasteiger partial charge in [-0.15, -0.1) is 0 Å². The van der Waals surface area contributed by atoms with Gasteiger partial charge in [0.25, 0.3) is 0 Å². The molecule has 0 bridgehead atoms. The van der Waals surface area contributed by atoms with E-state index in [0.717, 1.165) is 31.9 Å². The minimum Gasteiger partial charge on any atom is -0.369 e. The second kappa shape index (κ2) is 5.16. The van der Waals surface area contributed by atoms with E-state index in [2.05, 4.69) is 10.2 Å². The summed E-state index contributed by atoms with van der Waals surface area (Å²) in [5.41, 5.74) is 6.19. The number of anilines is 1. The van der Waals surface area contributed by atoms with E-state index in [1.807, 2.05) is 0 Å². The molecule has 0 saturated carbocycles. The molecule has 2 rings (SSSR count). The lowest BCUT2D eigenvalue weighted by Gasteiger charge is -2.29. The van der Waals surface area contributed by atoms with E-state index in [1.54, 1.807) is 12.1 Å². The first-order chi connectivity index (χ1) is 8.48. The van der Waals surface area contributed by atoms with Gasteiger partial charge in [-0.2, -0.15) is 13.2 Å². The van der Waals surface area contributed by atoms with Crippen LogP contribution in [0.2, 0.25) is 0 Å². The molecule has 100 valence electrons. The van der Waals surface area contributed by atoms with Crippen molar-refractivity contribution in [1.82, 2.24) is 5.32 Å². The Bertz CT molecular complexity index is 383. The zero-order chi connectivity index (χ0) is 13.2. The molecule has 1 aromatic carbocycles. The maximum atomic E-state index is 12.4. The highest BCUT2D eigenvalue weighted by Crippen LogP contribution is 2.31. The normalized spacial score (nSPS) is 18.8. The molecule has 6 heteroatoms. The second-order valence-electron chi connectivity index (χ2n) is 4.35. The summed E-state index contributed by atoms with van der Waals surface area (Å²) >= 11 is 0. The van der Waals surface area contributed by atoms with E-state index in [1.165, 1.54) is 12.1 Å². The predicted octanol–water partition coefficient (Wildman–Crippen LogP) is 1.66. The number of halogens is 3. The van der Waals surface area contributed by atoms with Gasteiger partial charge >= 0.3 is 6.18 Å². The largest absolute Gasteiger partial charge is 0.407 e. The van der Waals surface area contributed by atoms with Crippen molar-refractivity contribution >= 4 is 5.69 Å². The lowest BCUT2D eigenvalue weighted by atomic mass is 10.1. The Hall–Kier alpha value is -1.27. The van der Waals surface area contributed by atoms with Crippen LogP contribution in [0, 0.1) is 0 Å². The summed E-state index contributed by atoms with van der Waals surface area (Å²) in [6.07, 6.45) is -4.39. The van der Waals surface area contributed by atoms with Crippen molar-refractivity contribution in [3.63, 3.8) is 0 Å². The van der Waals surface area contributed by atoms with E-state index in [4.69, 9.17) is 5.73 Å². The van der Waals surface area contributed by atoms with Crippen molar-refractivity contribution in [2.45, 2.75) is 12.2 Å². The smallest absolute Gasteiger partial charge is 0.369 e. The second-order valence-corrected chi connectivity index (χ2v) is 4.35. The van der Waals surface area contributed by atoms with E-state index < -0.39 is 12.2 Å². The van der Waals surface area contributed by atoms with Gasteiger partial charge in [0.15, 0.2) is 0 Å². The Labute approximate surface area is 104 Å². The van der Waals surface area contributed by atoms with Crippen molar-refractivity contribution in [3.05, 3.63) is 29.8 Å². The molecule has 1 saturated heterocycles. The molecule has 1 aliphatic rings. The summed E-state index contributed by atoms with van der Waals surface area (Å²) in [6, 6.07) is 4.40. The van der Waals surface area contributed by atoms with Crippen LogP contribution >= 0.6 is 0 Å². The third-order valence-corrected chi connectivity index (χ3v) is 3.09. The summed E-state index contributed by atoms with van der Waals surface area (Å²) in [6.45, 7) is 3.52. The molecule has 1 atom stereocenters. The van der Waals surface area contributed by atoms with Crippen LogP contribution in [0.3, 0.4) is 0 Å². The average molecular weight is 259 g/mol. The van der Waals surface area contributed by atoms with E-state index >= 15 is 0 Å². The van der Waals surface area contributed by atoms with Crippen molar-refractivity contribution in [2.24, 2.45) is 5.73 Å². The standard InChI is InChI=1S/C12H16F3N3/c13-12(14,15)11(16)9-1-3-10(4-2-9)18-7-5-17-6-8-18/h1-4,11,17H,5-8,16H2/t11-/m0/s1. The molecular formula is C12H16F3N3. The summed E-state index contributed by atoms with van der Waals surface area (Å²) in [4.78, 5) is 2.14. The van der Waals surface area contributed by atoms with Crippen molar-refractivity contribution in [1.29, 1.82) is 0 Å². The third kappa shape index (κ3) is 2.94. The molecular weight excluding hydrogens is 243 g/mol. The van der Waals surface area contributed by atoms with Gasteiger partial charge in [-0.05, 0) is 17.7 Å². The summed E-state index contributed by atoms with van der Waals surface area (Å²) < 4.78 is 37.3. The number of hydrogen-bond acceptors (Lipinski definition) is 3. The van der Waals surface area contributed by atoms with Gasteiger partial charge in [-0.1, -0.05) is 12.1 Å². The number of nitrogens with one attached hydrogen (secondary N) is 1. The van der Waals surface area contributed by atoms with Crippen molar-refractivity contribution < 1.29 is 13.2 Å². The lowest BCUT2D eigenvalue weighted by Crippen LogP contribution is -2.43. The van der Waals surface area contributed by atoms with Gasteiger partial charge in [0.2, 0.25) is 0 Å². The molecule has 0 aromatic heterocycles. The molecule has 0 aliphatic carbocycles. The summed E-state index contributed by atoms with van der Waals surface area (Å²) in [7, 11) is 0. The number of nitrogens with zero attached hydrogens (tertiary/aromatic N) is 1. The van der Waals surface area contributed by atoms with Crippen LogP contribution in [0.5, 0.6) is 0 Å². The van der Waals surface area contributed by atoms with Crippen LogP contribution in [0.4, 0.5) is 18.9 Å². The Morgan fingerprint density at radius 2 is 1.67 bits per heavy atom. The molecule has 3 N–H and O–H groups in total. The molecule has 1 heterocycles. The lowest BCUT2D eigenvalue weighted by molar-refractivity contribution is -0.149. The fourth-order valence-corrected chi connectivity index (χ4v) is 2.00. The Kier molecular flexibility index (Phi) is 3.77. The topological polar surface area (TPSA) is 41.3 Å². The van der Waals surface area contributed by atoms with Crippen LogP contribution in [-0.2, 0) is 0 Å². The first-order valence-electron chi connectivity index (χ1n) is 5.86. The summed E-state index contributed by atoms with van der Waals surface area (Å²) in [5.74, 6) is 0. The van der Waals surface area contributed by atoms with Crippen LogP contribution in [-0.4, -0.2) is 32.4 Å². The van der Waals surface area contributed by atoms with Crippen molar-refractivity contribution in [2.75, 3.05) is 31.1 Å². The monoisotopic (exact) mass is 259 g/mol. The van der Waals surface area contributed by atoms with Gasteiger partial charge in [0.05, 0.1) is 0 Å². The number of piperazine rings is 1.